The van der Waals surface area contributed by atoms with Gasteiger partial charge >= 0.3 is 0 Å². The molecule has 0 spiro atoms. The molecule has 1 fully saturated rings. The highest BCUT2D eigenvalue weighted by molar-refractivity contribution is 7.14. The molecule has 1 aromatic carbocycles. The lowest BCUT2D eigenvalue weighted by atomic mass is 9.61. The average Bonchev–Trinajstić information content (AvgIpc) is 3.02. The first kappa shape index (κ1) is 20.3. The molecule has 2 heterocycles. The minimum atomic E-state index is -0.198. The van der Waals surface area contributed by atoms with E-state index in [2.05, 4.69) is 30.5 Å². The highest BCUT2D eigenvalue weighted by Crippen LogP contribution is 2.47. The molecular weight excluding hydrogens is 379 g/mol. The molecule has 0 unspecified atom stereocenters. The maximum atomic E-state index is 14.6. The summed E-state index contributed by atoms with van der Waals surface area (Å²) in [5.74, 6) is -0.198. The molecule has 1 aliphatic heterocycles. The van der Waals surface area contributed by atoms with Crippen molar-refractivity contribution in [3.05, 3.63) is 56.8 Å². The molecule has 2 aromatic rings. The number of rotatable bonds is 4. The standard InChI is InChI=1S/C22H26ClFN2S/c1-21(2,3)22(15-25-4)7-9-26(10-8-22)13-16-5-6-18(19(24)11-16)17-12-20(23)27-14-17/h5-6,11-12,14H,7-10,13,15H2,1-3H3. The van der Waals surface area contributed by atoms with Gasteiger partial charge in [0, 0.05) is 22.9 Å². The number of halogens is 2. The lowest BCUT2D eigenvalue weighted by molar-refractivity contribution is 0.0173. The molecule has 0 N–H and O–H groups in total. The molecule has 3 rings (SSSR count). The fourth-order valence-electron chi connectivity index (χ4n) is 4.04. The molecule has 27 heavy (non-hydrogen) atoms. The third-order valence-corrected chi connectivity index (χ3v) is 7.20. The highest BCUT2D eigenvalue weighted by Gasteiger charge is 2.46. The predicted octanol–water partition coefficient (Wildman–Crippen LogP) is 6.76. The Kier molecular flexibility index (Phi) is 5.96. The van der Waals surface area contributed by atoms with Gasteiger partial charge in [0.15, 0.2) is 0 Å². The number of hydrogen-bond donors (Lipinski definition) is 0. The molecule has 5 heteroatoms. The van der Waals surface area contributed by atoms with Gasteiger partial charge in [0.2, 0.25) is 6.54 Å². The fourth-order valence-corrected chi connectivity index (χ4v) is 4.92. The van der Waals surface area contributed by atoms with Gasteiger partial charge in [-0.15, -0.1) is 11.3 Å². The van der Waals surface area contributed by atoms with Crippen molar-refractivity contribution in [1.29, 1.82) is 0 Å². The van der Waals surface area contributed by atoms with Crippen LogP contribution >= 0.6 is 22.9 Å². The fraction of sp³-hybridized carbons (Fsp3) is 0.500. The van der Waals surface area contributed by atoms with E-state index in [0.717, 1.165) is 43.6 Å². The smallest absolute Gasteiger partial charge is 0.220 e. The quantitative estimate of drug-likeness (QED) is 0.511. The molecule has 0 bridgehead atoms. The van der Waals surface area contributed by atoms with Crippen LogP contribution in [0.4, 0.5) is 4.39 Å². The van der Waals surface area contributed by atoms with Gasteiger partial charge < -0.3 is 4.85 Å². The van der Waals surface area contributed by atoms with E-state index >= 15 is 0 Å². The Labute approximate surface area is 170 Å². The summed E-state index contributed by atoms with van der Waals surface area (Å²) >= 11 is 7.39. The van der Waals surface area contributed by atoms with Crippen molar-refractivity contribution in [1.82, 2.24) is 4.90 Å². The summed E-state index contributed by atoms with van der Waals surface area (Å²) in [6, 6.07) is 7.31. The normalized spacial score (nSPS) is 17.6. The summed E-state index contributed by atoms with van der Waals surface area (Å²) in [6.07, 6.45) is 2.04. The summed E-state index contributed by atoms with van der Waals surface area (Å²) in [4.78, 5) is 6.11. The molecule has 0 aliphatic carbocycles. The molecule has 0 atom stereocenters. The summed E-state index contributed by atoms with van der Waals surface area (Å²) in [7, 11) is 0. The Morgan fingerprint density at radius 1 is 1.26 bits per heavy atom. The summed E-state index contributed by atoms with van der Waals surface area (Å²) in [5, 5.41) is 1.88. The third-order valence-electron chi connectivity index (χ3n) is 6.10. The average molecular weight is 405 g/mol. The van der Waals surface area contributed by atoms with E-state index in [4.69, 9.17) is 18.2 Å². The molecule has 0 saturated carbocycles. The predicted molar refractivity (Wildman–Crippen MR) is 113 cm³/mol. The maximum absolute atomic E-state index is 14.6. The van der Waals surface area contributed by atoms with Gasteiger partial charge in [-0.1, -0.05) is 44.5 Å². The Hall–Kier alpha value is -1.41. The van der Waals surface area contributed by atoms with Crippen LogP contribution in [0.3, 0.4) is 0 Å². The van der Waals surface area contributed by atoms with Gasteiger partial charge in [0.25, 0.3) is 0 Å². The number of thiophene rings is 1. The molecule has 0 radical (unpaired) electrons. The lowest BCUT2D eigenvalue weighted by Gasteiger charge is -2.46. The van der Waals surface area contributed by atoms with Gasteiger partial charge in [0.1, 0.15) is 5.82 Å². The van der Waals surface area contributed by atoms with E-state index in [1.807, 2.05) is 17.5 Å². The van der Waals surface area contributed by atoms with Crippen LogP contribution in [0.25, 0.3) is 16.0 Å². The molecule has 1 aromatic heterocycles. The van der Waals surface area contributed by atoms with Crippen molar-refractivity contribution in [3.8, 4) is 11.1 Å². The molecule has 1 saturated heterocycles. The molecule has 2 nitrogen and oxygen atoms in total. The van der Waals surface area contributed by atoms with Crippen LogP contribution in [0.1, 0.15) is 39.2 Å². The monoisotopic (exact) mass is 404 g/mol. The van der Waals surface area contributed by atoms with Crippen LogP contribution in [0, 0.1) is 23.2 Å². The number of benzene rings is 1. The van der Waals surface area contributed by atoms with Crippen LogP contribution in [0.2, 0.25) is 4.34 Å². The Bertz CT molecular complexity index is 839. The van der Waals surface area contributed by atoms with Crippen LogP contribution in [-0.4, -0.2) is 24.5 Å². The molecular formula is C22H26ClFN2S. The van der Waals surface area contributed by atoms with Gasteiger partial charge in [-0.2, -0.15) is 0 Å². The number of piperidine rings is 1. The second kappa shape index (κ2) is 7.91. The second-order valence-corrected chi connectivity index (χ2v) is 10.1. The van der Waals surface area contributed by atoms with Crippen molar-refractivity contribution in [3.63, 3.8) is 0 Å². The zero-order chi connectivity index (χ0) is 19.7. The SMILES string of the molecule is [C-]#[N+]CC1(C(C)(C)C)CCN(Cc2ccc(-c3csc(Cl)c3)c(F)c2)CC1. The Morgan fingerprint density at radius 2 is 1.96 bits per heavy atom. The van der Waals surface area contributed by atoms with E-state index in [0.29, 0.717) is 16.4 Å². The largest absolute Gasteiger partial charge is 0.316 e. The third kappa shape index (κ3) is 4.37. The van der Waals surface area contributed by atoms with Crippen molar-refractivity contribution < 1.29 is 4.39 Å². The van der Waals surface area contributed by atoms with Gasteiger partial charge in [-0.25, -0.2) is 11.0 Å². The van der Waals surface area contributed by atoms with Crippen molar-refractivity contribution >= 4 is 22.9 Å². The van der Waals surface area contributed by atoms with Gasteiger partial charge in [0.05, 0.1) is 4.34 Å². The summed E-state index contributed by atoms with van der Waals surface area (Å²) in [5.41, 5.74) is 2.63. The lowest BCUT2D eigenvalue weighted by Crippen LogP contribution is -2.47. The molecule has 0 amide bonds. The summed E-state index contributed by atoms with van der Waals surface area (Å²) in [6.45, 7) is 17.4. The van der Waals surface area contributed by atoms with E-state index in [9.17, 15) is 4.39 Å². The topological polar surface area (TPSA) is 7.60 Å². The van der Waals surface area contributed by atoms with Crippen molar-refractivity contribution in [2.45, 2.75) is 40.2 Å². The number of likely N-dealkylation sites (tertiary alicyclic amines) is 1. The van der Waals surface area contributed by atoms with Gasteiger partial charge in [-0.3, -0.25) is 4.90 Å². The van der Waals surface area contributed by atoms with Gasteiger partial charge in [-0.05, 0) is 54.6 Å². The van der Waals surface area contributed by atoms with Crippen molar-refractivity contribution in [2.75, 3.05) is 19.6 Å². The van der Waals surface area contributed by atoms with E-state index in [1.165, 1.54) is 11.3 Å². The first-order valence-electron chi connectivity index (χ1n) is 9.32. The van der Waals surface area contributed by atoms with Crippen LogP contribution in [-0.2, 0) is 6.54 Å². The van der Waals surface area contributed by atoms with Crippen molar-refractivity contribution in [2.24, 2.45) is 10.8 Å². The second-order valence-electron chi connectivity index (χ2n) is 8.58. The minimum Gasteiger partial charge on any atom is -0.316 e. The zero-order valence-electron chi connectivity index (χ0n) is 16.2. The van der Waals surface area contributed by atoms with Crippen LogP contribution in [0.5, 0.6) is 0 Å². The first-order valence-corrected chi connectivity index (χ1v) is 10.6. The van der Waals surface area contributed by atoms with E-state index in [1.54, 1.807) is 12.1 Å². The van der Waals surface area contributed by atoms with E-state index < -0.39 is 0 Å². The Balaban J connectivity index is 1.67. The highest BCUT2D eigenvalue weighted by atomic mass is 35.5. The molecule has 144 valence electrons. The summed E-state index contributed by atoms with van der Waals surface area (Å²) < 4.78 is 15.3. The first-order chi connectivity index (χ1) is 12.7. The van der Waals surface area contributed by atoms with Crippen LogP contribution in [0.15, 0.2) is 29.6 Å². The number of hydrogen-bond acceptors (Lipinski definition) is 2. The zero-order valence-corrected chi connectivity index (χ0v) is 17.8. The van der Waals surface area contributed by atoms with Crippen LogP contribution < -0.4 is 0 Å². The Morgan fingerprint density at radius 3 is 2.48 bits per heavy atom. The maximum Gasteiger partial charge on any atom is 0.220 e. The van der Waals surface area contributed by atoms with E-state index in [-0.39, 0.29) is 16.6 Å². The molecule has 1 aliphatic rings. The number of nitrogens with zero attached hydrogens (tertiary/aromatic N) is 2. The minimum absolute atomic E-state index is 0.0819.